The molecule has 0 amide bonds. The second kappa shape index (κ2) is 6.22. The molecule has 2 atom stereocenters. The first-order chi connectivity index (χ1) is 8.41. The van der Waals surface area contributed by atoms with Gasteiger partial charge in [0.1, 0.15) is 0 Å². The zero-order chi connectivity index (χ0) is 13.8. The summed E-state index contributed by atoms with van der Waals surface area (Å²) in [6, 6.07) is 3.30. The standard InChI is InChI=1S/C13H19F2NO2/c1-3-13(2,8-17)16-7-12(18)9-4-5-10(14)11(15)6-9/h4-6,12,16-18H,3,7-8H2,1-2H3. The highest BCUT2D eigenvalue weighted by atomic mass is 19.2. The van der Waals surface area contributed by atoms with E-state index in [1.165, 1.54) is 6.07 Å². The lowest BCUT2D eigenvalue weighted by atomic mass is 9.99. The van der Waals surface area contributed by atoms with Gasteiger partial charge in [-0.2, -0.15) is 0 Å². The number of halogens is 2. The summed E-state index contributed by atoms with van der Waals surface area (Å²) in [5, 5.41) is 22.1. The fourth-order valence-corrected chi connectivity index (χ4v) is 1.47. The van der Waals surface area contributed by atoms with Crippen molar-refractivity contribution in [2.45, 2.75) is 31.9 Å². The Hall–Kier alpha value is -1.04. The Balaban J connectivity index is 2.65. The second-order valence-corrected chi connectivity index (χ2v) is 4.64. The molecule has 0 aromatic heterocycles. The Morgan fingerprint density at radius 1 is 1.33 bits per heavy atom. The van der Waals surface area contributed by atoms with Crippen LogP contribution in [0.3, 0.4) is 0 Å². The summed E-state index contributed by atoms with van der Waals surface area (Å²) in [6.07, 6.45) is -0.258. The molecule has 1 aromatic rings. The lowest BCUT2D eigenvalue weighted by molar-refractivity contribution is 0.126. The normalized spacial score (nSPS) is 16.3. The minimum Gasteiger partial charge on any atom is -0.394 e. The summed E-state index contributed by atoms with van der Waals surface area (Å²) in [5.41, 5.74) is -0.183. The van der Waals surface area contributed by atoms with E-state index in [1.807, 2.05) is 13.8 Å². The average molecular weight is 259 g/mol. The molecule has 18 heavy (non-hydrogen) atoms. The average Bonchev–Trinajstić information content (AvgIpc) is 2.38. The summed E-state index contributed by atoms with van der Waals surface area (Å²) in [7, 11) is 0. The van der Waals surface area contributed by atoms with Gasteiger partial charge >= 0.3 is 0 Å². The summed E-state index contributed by atoms with van der Waals surface area (Å²) in [6.45, 7) is 3.84. The molecule has 0 saturated carbocycles. The third kappa shape index (κ3) is 3.73. The van der Waals surface area contributed by atoms with Crippen molar-refractivity contribution in [3.8, 4) is 0 Å². The van der Waals surface area contributed by atoms with Crippen LogP contribution in [-0.2, 0) is 0 Å². The van der Waals surface area contributed by atoms with E-state index in [1.54, 1.807) is 0 Å². The zero-order valence-electron chi connectivity index (χ0n) is 10.6. The second-order valence-electron chi connectivity index (χ2n) is 4.64. The molecule has 0 fully saturated rings. The monoisotopic (exact) mass is 259 g/mol. The highest BCUT2D eigenvalue weighted by molar-refractivity contribution is 5.20. The first-order valence-electron chi connectivity index (χ1n) is 5.91. The quantitative estimate of drug-likeness (QED) is 0.729. The van der Waals surface area contributed by atoms with Gasteiger partial charge in [-0.15, -0.1) is 0 Å². The van der Waals surface area contributed by atoms with Gasteiger partial charge in [-0.1, -0.05) is 13.0 Å². The highest BCUT2D eigenvalue weighted by Gasteiger charge is 2.21. The Kier molecular flexibility index (Phi) is 5.19. The fourth-order valence-electron chi connectivity index (χ4n) is 1.47. The van der Waals surface area contributed by atoms with E-state index in [0.29, 0.717) is 12.0 Å². The number of hydrogen-bond acceptors (Lipinski definition) is 3. The van der Waals surface area contributed by atoms with E-state index in [9.17, 15) is 19.0 Å². The van der Waals surface area contributed by atoms with Gasteiger partial charge < -0.3 is 15.5 Å². The van der Waals surface area contributed by atoms with Crippen LogP contribution in [0.1, 0.15) is 31.9 Å². The summed E-state index contributed by atoms with van der Waals surface area (Å²) in [4.78, 5) is 0. The molecule has 3 N–H and O–H groups in total. The van der Waals surface area contributed by atoms with Crippen LogP contribution in [-0.4, -0.2) is 28.9 Å². The highest BCUT2D eigenvalue weighted by Crippen LogP contribution is 2.17. The summed E-state index contributed by atoms with van der Waals surface area (Å²) < 4.78 is 25.7. The molecule has 1 rings (SSSR count). The molecule has 0 saturated heterocycles. The lowest BCUT2D eigenvalue weighted by Crippen LogP contribution is -2.46. The Bertz CT molecular complexity index is 395. The van der Waals surface area contributed by atoms with E-state index in [0.717, 1.165) is 12.1 Å². The number of hydrogen-bond donors (Lipinski definition) is 3. The molecular weight excluding hydrogens is 240 g/mol. The van der Waals surface area contributed by atoms with Crippen LogP contribution in [0.5, 0.6) is 0 Å². The molecule has 1 aromatic carbocycles. The van der Waals surface area contributed by atoms with E-state index in [2.05, 4.69) is 5.32 Å². The van der Waals surface area contributed by atoms with Crippen molar-refractivity contribution in [2.24, 2.45) is 0 Å². The maximum absolute atomic E-state index is 13.0. The maximum atomic E-state index is 13.0. The third-order valence-corrected chi connectivity index (χ3v) is 3.18. The molecule has 0 radical (unpaired) electrons. The molecule has 3 nitrogen and oxygen atoms in total. The minimum atomic E-state index is -0.980. The van der Waals surface area contributed by atoms with Crippen molar-refractivity contribution in [1.29, 1.82) is 0 Å². The van der Waals surface area contributed by atoms with Crippen molar-refractivity contribution in [2.75, 3.05) is 13.2 Å². The zero-order valence-corrected chi connectivity index (χ0v) is 10.6. The Morgan fingerprint density at radius 2 is 2.00 bits per heavy atom. The minimum absolute atomic E-state index is 0.0615. The molecule has 5 heteroatoms. The van der Waals surface area contributed by atoms with Gasteiger partial charge in [0.15, 0.2) is 11.6 Å². The number of aliphatic hydroxyl groups excluding tert-OH is 2. The molecule has 0 aliphatic rings. The fraction of sp³-hybridized carbons (Fsp3) is 0.538. The molecule has 0 heterocycles. The number of β-amino-alcohol motifs (C(OH)–C–C–N with tert-alkyl or cyclic N) is 1. The van der Waals surface area contributed by atoms with Gasteiger partial charge in [0.25, 0.3) is 0 Å². The van der Waals surface area contributed by atoms with Crippen LogP contribution in [0.15, 0.2) is 18.2 Å². The van der Waals surface area contributed by atoms with Crippen molar-refractivity contribution in [3.63, 3.8) is 0 Å². The summed E-state index contributed by atoms with van der Waals surface area (Å²) >= 11 is 0. The van der Waals surface area contributed by atoms with Gasteiger partial charge in [-0.3, -0.25) is 0 Å². The number of rotatable bonds is 6. The van der Waals surface area contributed by atoms with Gasteiger partial charge in [0, 0.05) is 12.1 Å². The van der Waals surface area contributed by atoms with Gasteiger partial charge in [-0.05, 0) is 31.0 Å². The van der Waals surface area contributed by atoms with Crippen LogP contribution < -0.4 is 5.32 Å². The predicted molar refractivity (Wildman–Crippen MR) is 65.1 cm³/mol. The van der Waals surface area contributed by atoms with Crippen molar-refractivity contribution >= 4 is 0 Å². The molecular formula is C13H19F2NO2. The first kappa shape index (κ1) is 15.0. The maximum Gasteiger partial charge on any atom is 0.159 e. The van der Waals surface area contributed by atoms with Crippen LogP contribution in [0.25, 0.3) is 0 Å². The smallest absolute Gasteiger partial charge is 0.159 e. The first-order valence-corrected chi connectivity index (χ1v) is 5.91. The van der Waals surface area contributed by atoms with Crippen LogP contribution >= 0.6 is 0 Å². The molecule has 102 valence electrons. The summed E-state index contributed by atoms with van der Waals surface area (Å²) in [5.74, 6) is -1.92. The van der Waals surface area contributed by atoms with Crippen LogP contribution in [0.4, 0.5) is 8.78 Å². The van der Waals surface area contributed by atoms with Gasteiger partial charge in [0.05, 0.1) is 12.7 Å². The van der Waals surface area contributed by atoms with Gasteiger partial charge in [-0.25, -0.2) is 8.78 Å². The van der Waals surface area contributed by atoms with Crippen molar-refractivity contribution in [1.82, 2.24) is 5.32 Å². The van der Waals surface area contributed by atoms with E-state index < -0.39 is 23.3 Å². The van der Waals surface area contributed by atoms with Crippen molar-refractivity contribution in [3.05, 3.63) is 35.4 Å². The number of nitrogens with one attached hydrogen (secondary N) is 1. The number of aliphatic hydroxyl groups is 2. The SMILES string of the molecule is CCC(C)(CO)NCC(O)c1ccc(F)c(F)c1. The number of benzene rings is 1. The Morgan fingerprint density at radius 3 is 2.50 bits per heavy atom. The van der Waals surface area contributed by atoms with E-state index in [4.69, 9.17) is 0 Å². The largest absolute Gasteiger partial charge is 0.394 e. The molecule has 0 bridgehead atoms. The van der Waals surface area contributed by atoms with Crippen LogP contribution in [0.2, 0.25) is 0 Å². The molecule has 0 spiro atoms. The van der Waals surface area contributed by atoms with Gasteiger partial charge in [0.2, 0.25) is 0 Å². The van der Waals surface area contributed by atoms with Crippen LogP contribution in [0, 0.1) is 11.6 Å². The topological polar surface area (TPSA) is 52.5 Å². The van der Waals surface area contributed by atoms with E-state index in [-0.39, 0.29) is 13.2 Å². The van der Waals surface area contributed by atoms with E-state index >= 15 is 0 Å². The Labute approximate surface area is 105 Å². The molecule has 2 unspecified atom stereocenters. The molecule has 0 aliphatic heterocycles. The third-order valence-electron chi connectivity index (χ3n) is 3.18. The molecule has 0 aliphatic carbocycles. The van der Waals surface area contributed by atoms with Crippen molar-refractivity contribution < 1.29 is 19.0 Å². The predicted octanol–water partition coefficient (Wildman–Crippen LogP) is 1.75. The lowest BCUT2D eigenvalue weighted by Gasteiger charge is -2.28.